The highest BCUT2D eigenvalue weighted by atomic mass is 16.7. The van der Waals surface area contributed by atoms with Gasteiger partial charge in [0.1, 0.15) is 12.7 Å². The van der Waals surface area contributed by atoms with Gasteiger partial charge in [0.2, 0.25) is 0 Å². The molecular formula is C34H41NO8. The maximum absolute atomic E-state index is 13.2. The number of rotatable bonds is 13. The van der Waals surface area contributed by atoms with Crippen LogP contribution in [0.25, 0.3) is 21.5 Å². The van der Waals surface area contributed by atoms with Crippen molar-refractivity contribution in [2.45, 2.75) is 53.1 Å². The smallest absolute Gasteiger partial charge is 0.340 e. The van der Waals surface area contributed by atoms with E-state index in [0.717, 1.165) is 27.1 Å². The van der Waals surface area contributed by atoms with Crippen molar-refractivity contribution in [1.29, 1.82) is 0 Å². The molecule has 230 valence electrons. The van der Waals surface area contributed by atoms with Crippen molar-refractivity contribution in [3.05, 3.63) is 73.3 Å². The number of hydrogen-bond acceptors (Lipinski definition) is 9. The minimum Gasteiger partial charge on any atom is -0.462 e. The van der Waals surface area contributed by atoms with Crippen LogP contribution in [0.5, 0.6) is 0 Å². The molecule has 0 aromatic heterocycles. The Hall–Kier alpha value is -4.08. The predicted molar refractivity (Wildman–Crippen MR) is 165 cm³/mol. The van der Waals surface area contributed by atoms with Crippen molar-refractivity contribution in [3.8, 4) is 0 Å². The Balaban J connectivity index is 0.00000248. The highest BCUT2D eigenvalue weighted by Gasteiger charge is 2.43. The van der Waals surface area contributed by atoms with E-state index in [1.807, 2.05) is 55.5 Å². The van der Waals surface area contributed by atoms with Crippen LogP contribution < -0.4 is 0 Å². The number of aliphatic hydroxyl groups is 1. The molecule has 9 nitrogen and oxygen atoms in total. The van der Waals surface area contributed by atoms with Crippen LogP contribution in [0.3, 0.4) is 0 Å². The topological polar surface area (TPSA) is 124 Å². The molecule has 1 heterocycles. The molecule has 0 amide bonds. The summed E-state index contributed by atoms with van der Waals surface area (Å²) in [5, 5.41) is 17.3. The number of oxime groups is 1. The van der Waals surface area contributed by atoms with Gasteiger partial charge >= 0.3 is 17.9 Å². The first kappa shape index (κ1) is 33.4. The normalized spacial score (nSPS) is 16.5. The lowest BCUT2D eigenvalue weighted by Gasteiger charge is -2.32. The van der Waals surface area contributed by atoms with Gasteiger partial charge in [-0.2, -0.15) is 0 Å². The molecule has 3 unspecified atom stereocenters. The Morgan fingerprint density at radius 2 is 1.58 bits per heavy atom. The van der Waals surface area contributed by atoms with E-state index in [0.29, 0.717) is 13.0 Å². The van der Waals surface area contributed by atoms with E-state index in [-0.39, 0.29) is 25.6 Å². The Morgan fingerprint density at radius 1 is 1.00 bits per heavy atom. The zero-order valence-corrected chi connectivity index (χ0v) is 25.3. The first-order chi connectivity index (χ1) is 20.6. The number of benzene rings is 3. The lowest BCUT2D eigenvalue weighted by molar-refractivity contribution is -0.165. The molecule has 0 bridgehead atoms. The van der Waals surface area contributed by atoms with Gasteiger partial charge in [-0.15, -0.1) is 13.2 Å². The van der Waals surface area contributed by atoms with E-state index >= 15 is 0 Å². The second-order valence-corrected chi connectivity index (χ2v) is 11.4. The number of carbonyl (C=O) groups is 3. The molecular weight excluding hydrogens is 550 g/mol. The molecule has 0 radical (unpaired) electrons. The third kappa shape index (κ3) is 8.49. The van der Waals surface area contributed by atoms with Crippen molar-refractivity contribution in [3.63, 3.8) is 0 Å². The maximum atomic E-state index is 13.2. The van der Waals surface area contributed by atoms with E-state index in [9.17, 15) is 19.5 Å². The van der Waals surface area contributed by atoms with E-state index in [4.69, 9.17) is 19.0 Å². The molecule has 0 saturated carbocycles. The molecule has 1 N–H and O–H groups in total. The molecule has 1 fully saturated rings. The average molecular weight is 592 g/mol. The molecule has 43 heavy (non-hydrogen) atoms. The lowest BCUT2D eigenvalue weighted by Crippen LogP contribution is -2.38. The highest BCUT2D eigenvalue weighted by molar-refractivity contribution is 6.13. The van der Waals surface area contributed by atoms with Crippen LogP contribution in [0.1, 0.15) is 52.5 Å². The number of nitrogens with zero attached hydrogens (tertiary/aromatic N) is 1. The van der Waals surface area contributed by atoms with Crippen molar-refractivity contribution in [2.75, 3.05) is 20.0 Å². The van der Waals surface area contributed by atoms with E-state index in [1.165, 1.54) is 6.21 Å². The number of aliphatic hydroxyl groups excluding tert-OH is 1. The molecule has 0 aliphatic carbocycles. The Bertz CT molecular complexity index is 1410. The molecule has 0 spiro atoms. The molecule has 1 aliphatic heterocycles. The fraction of sp³-hybridized carbons (Fsp3) is 0.412. The fourth-order valence-electron chi connectivity index (χ4n) is 4.98. The Kier molecular flexibility index (Phi) is 11.6. The quantitative estimate of drug-likeness (QED) is 0.0378. The lowest BCUT2D eigenvalue weighted by atomic mass is 9.73. The van der Waals surface area contributed by atoms with Gasteiger partial charge in [-0.05, 0) is 67.6 Å². The number of fused-ring (bicyclic) bond motifs is 2. The van der Waals surface area contributed by atoms with Crippen LogP contribution in [0, 0.1) is 16.7 Å². The van der Waals surface area contributed by atoms with E-state index in [2.05, 4.69) is 24.4 Å². The third-order valence-corrected chi connectivity index (χ3v) is 7.75. The van der Waals surface area contributed by atoms with Crippen LogP contribution in [-0.2, 0) is 33.4 Å². The Labute approximate surface area is 252 Å². The van der Waals surface area contributed by atoms with Gasteiger partial charge < -0.3 is 24.2 Å². The summed E-state index contributed by atoms with van der Waals surface area (Å²) in [7, 11) is 0. The largest absolute Gasteiger partial charge is 0.462 e. The summed E-state index contributed by atoms with van der Waals surface area (Å²) in [4.78, 5) is 44.3. The van der Waals surface area contributed by atoms with Crippen LogP contribution in [-0.4, -0.2) is 55.3 Å². The number of epoxide rings is 1. The van der Waals surface area contributed by atoms with Crippen molar-refractivity contribution < 1.29 is 38.5 Å². The average Bonchev–Trinajstić information content (AvgIpc) is 3.84. The maximum Gasteiger partial charge on any atom is 0.340 e. The SMILES string of the molecule is C=C.CCC(C)(CC(CC(C)(C)C(=O)O/N=C/c1c2ccccc2cc2ccccc12)C(=O)OCO)C(=O)OCC1CO1. The van der Waals surface area contributed by atoms with E-state index in [1.54, 1.807) is 20.8 Å². The van der Waals surface area contributed by atoms with Crippen molar-refractivity contribution in [2.24, 2.45) is 21.9 Å². The second-order valence-electron chi connectivity index (χ2n) is 11.4. The summed E-state index contributed by atoms with van der Waals surface area (Å²) in [5.74, 6) is -2.70. The van der Waals surface area contributed by atoms with Crippen LogP contribution in [0.2, 0.25) is 0 Å². The van der Waals surface area contributed by atoms with Crippen LogP contribution in [0.15, 0.2) is 72.9 Å². The van der Waals surface area contributed by atoms with Crippen LogP contribution in [0.4, 0.5) is 0 Å². The summed E-state index contributed by atoms with van der Waals surface area (Å²) in [5.41, 5.74) is -1.36. The van der Waals surface area contributed by atoms with Gasteiger partial charge in [0, 0.05) is 5.56 Å². The Morgan fingerprint density at radius 3 is 2.12 bits per heavy atom. The summed E-state index contributed by atoms with van der Waals surface area (Å²) < 4.78 is 15.4. The minimum absolute atomic E-state index is 0.00594. The summed E-state index contributed by atoms with van der Waals surface area (Å²) >= 11 is 0. The van der Waals surface area contributed by atoms with Gasteiger partial charge in [0.05, 0.1) is 29.6 Å². The number of carbonyl (C=O) groups excluding carboxylic acids is 3. The number of hydrogen-bond donors (Lipinski definition) is 1. The van der Waals surface area contributed by atoms with Gasteiger partial charge in [-0.25, -0.2) is 4.79 Å². The molecule has 4 rings (SSSR count). The fourth-order valence-corrected chi connectivity index (χ4v) is 4.98. The van der Waals surface area contributed by atoms with Gasteiger partial charge in [-0.3, -0.25) is 9.59 Å². The van der Waals surface area contributed by atoms with Crippen molar-refractivity contribution in [1.82, 2.24) is 0 Å². The highest BCUT2D eigenvalue weighted by Crippen LogP contribution is 2.38. The summed E-state index contributed by atoms with van der Waals surface area (Å²) in [6.07, 6.45) is 1.91. The summed E-state index contributed by atoms with van der Waals surface area (Å²) in [6.45, 7) is 12.7. The zero-order chi connectivity index (χ0) is 31.6. The monoisotopic (exact) mass is 591 g/mol. The van der Waals surface area contributed by atoms with Gasteiger partial charge in [-0.1, -0.05) is 60.6 Å². The molecule has 3 atom stereocenters. The van der Waals surface area contributed by atoms with Crippen LogP contribution >= 0.6 is 0 Å². The number of esters is 2. The molecule has 1 aliphatic rings. The zero-order valence-electron chi connectivity index (χ0n) is 25.3. The van der Waals surface area contributed by atoms with Gasteiger partial charge in [0.15, 0.2) is 6.79 Å². The number of ether oxygens (including phenoxy) is 3. The second kappa shape index (κ2) is 14.9. The first-order valence-corrected chi connectivity index (χ1v) is 14.3. The molecule has 3 aromatic rings. The standard InChI is InChI=1S/C32H37NO8.C2H4/c1-5-32(4,30(37)39-19-24-18-38-24)16-23(28(35)40-20-34)15-31(2,3)29(36)41-33-17-27-25-12-8-6-10-21(25)14-22-11-7-9-13-26(22)27;1-2/h6-14,17,23-24,34H,5,15-16,18-20H2,1-4H3;1-2H2/b33-17+;. The minimum atomic E-state index is -1.17. The molecule has 3 aromatic carbocycles. The van der Waals surface area contributed by atoms with Gasteiger partial charge in [0.25, 0.3) is 0 Å². The van der Waals surface area contributed by atoms with Crippen molar-refractivity contribution >= 4 is 45.7 Å². The first-order valence-electron chi connectivity index (χ1n) is 14.3. The molecule has 9 heteroatoms. The predicted octanol–water partition coefficient (Wildman–Crippen LogP) is 5.95. The molecule has 1 saturated heterocycles. The van der Waals surface area contributed by atoms with E-state index < -0.39 is 41.4 Å². The third-order valence-electron chi connectivity index (χ3n) is 7.75. The summed E-state index contributed by atoms with van der Waals surface area (Å²) in [6, 6.07) is 17.9.